The summed E-state index contributed by atoms with van der Waals surface area (Å²) in [7, 11) is 0. The minimum atomic E-state index is -0.346. The summed E-state index contributed by atoms with van der Waals surface area (Å²) in [5.74, 6) is 1.24. The first kappa shape index (κ1) is 18.8. The highest BCUT2D eigenvalue weighted by Gasteiger charge is 2.25. The third kappa shape index (κ3) is 4.29. The van der Waals surface area contributed by atoms with Gasteiger partial charge in [0.05, 0.1) is 13.0 Å². The maximum atomic E-state index is 13.7. The fourth-order valence-corrected chi connectivity index (χ4v) is 4.07. The molecule has 0 saturated carbocycles. The van der Waals surface area contributed by atoms with Crippen LogP contribution >= 0.6 is 0 Å². The molecular weight excluding hydrogens is 357 g/mol. The monoisotopic (exact) mass is 383 g/mol. The van der Waals surface area contributed by atoms with Crippen LogP contribution in [0.2, 0.25) is 0 Å². The maximum absolute atomic E-state index is 13.7. The Hall–Kier alpha value is -2.56. The predicted octanol–water partition coefficient (Wildman–Crippen LogP) is 4.01. The van der Waals surface area contributed by atoms with Crippen molar-refractivity contribution in [2.24, 2.45) is 5.92 Å². The lowest BCUT2D eigenvalue weighted by molar-refractivity contribution is -0.132. The van der Waals surface area contributed by atoms with Crippen LogP contribution in [0, 0.1) is 11.7 Å². The zero-order valence-electron chi connectivity index (χ0n) is 16.2. The van der Waals surface area contributed by atoms with E-state index in [1.165, 1.54) is 11.6 Å². The second-order valence-corrected chi connectivity index (χ2v) is 7.84. The van der Waals surface area contributed by atoms with Gasteiger partial charge in [-0.1, -0.05) is 24.3 Å². The molecule has 5 heteroatoms. The number of piperidine rings is 1. The summed E-state index contributed by atoms with van der Waals surface area (Å²) in [4.78, 5) is 14.7. The van der Waals surface area contributed by atoms with E-state index in [4.69, 9.17) is 9.47 Å². The first-order valence-electron chi connectivity index (χ1n) is 10.0. The number of carbonyl (C=O) groups excluding carboxylic acids is 1. The molecule has 0 radical (unpaired) electrons. The minimum Gasteiger partial charge on any atom is -0.490 e. The van der Waals surface area contributed by atoms with Gasteiger partial charge in [0.1, 0.15) is 11.9 Å². The largest absolute Gasteiger partial charge is 0.490 e. The van der Waals surface area contributed by atoms with E-state index >= 15 is 0 Å². The first-order valence-corrected chi connectivity index (χ1v) is 10.0. The van der Waals surface area contributed by atoms with Crippen LogP contribution in [0.3, 0.4) is 0 Å². The summed E-state index contributed by atoms with van der Waals surface area (Å²) in [6, 6.07) is 12.5. The van der Waals surface area contributed by atoms with Gasteiger partial charge in [-0.05, 0) is 49.1 Å². The predicted molar refractivity (Wildman–Crippen MR) is 105 cm³/mol. The molecule has 2 heterocycles. The zero-order valence-corrected chi connectivity index (χ0v) is 16.2. The molecule has 0 bridgehead atoms. The number of fused-ring (bicyclic) bond motifs is 1. The molecule has 0 aliphatic carbocycles. The van der Waals surface area contributed by atoms with E-state index in [0.29, 0.717) is 19.6 Å². The second kappa shape index (κ2) is 8.21. The van der Waals surface area contributed by atoms with Crippen LogP contribution in [0.15, 0.2) is 42.5 Å². The van der Waals surface area contributed by atoms with E-state index in [1.54, 1.807) is 18.2 Å². The van der Waals surface area contributed by atoms with Crippen LogP contribution < -0.4 is 9.47 Å². The Labute approximate surface area is 165 Å². The van der Waals surface area contributed by atoms with Crippen molar-refractivity contribution in [1.29, 1.82) is 0 Å². The smallest absolute Gasteiger partial charge is 0.227 e. The maximum Gasteiger partial charge on any atom is 0.227 e. The molecule has 1 amide bonds. The molecule has 4 rings (SSSR count). The molecule has 1 saturated heterocycles. The molecule has 4 nitrogen and oxygen atoms in total. The number of benzene rings is 2. The minimum absolute atomic E-state index is 0.141. The molecule has 28 heavy (non-hydrogen) atoms. The summed E-state index contributed by atoms with van der Waals surface area (Å²) in [5.41, 5.74) is 2.22. The zero-order chi connectivity index (χ0) is 19.5. The van der Waals surface area contributed by atoms with E-state index in [0.717, 1.165) is 37.1 Å². The standard InChI is InChI=1S/C23H26FNO3/c1-16-11-19-12-17(8-9-21(19)28-16)13-23(26)25-10-4-5-18(14-25)15-27-22-7-3-2-6-20(22)24/h2-3,6-9,12,16,18H,4-5,10-11,13-15H2,1H3/t16-,18-/m1/s1. The van der Waals surface area contributed by atoms with Gasteiger partial charge in [0.2, 0.25) is 5.91 Å². The van der Waals surface area contributed by atoms with Crippen LogP contribution in [0.1, 0.15) is 30.9 Å². The van der Waals surface area contributed by atoms with Crippen molar-refractivity contribution in [3.05, 3.63) is 59.4 Å². The number of hydrogen-bond donors (Lipinski definition) is 0. The number of carbonyl (C=O) groups is 1. The third-order valence-corrected chi connectivity index (χ3v) is 5.50. The number of rotatable bonds is 5. The van der Waals surface area contributed by atoms with Crippen molar-refractivity contribution in [2.75, 3.05) is 19.7 Å². The topological polar surface area (TPSA) is 38.8 Å². The average molecular weight is 383 g/mol. The molecule has 2 aliphatic heterocycles. The van der Waals surface area contributed by atoms with Crippen molar-refractivity contribution >= 4 is 5.91 Å². The molecular formula is C23H26FNO3. The van der Waals surface area contributed by atoms with Gasteiger partial charge in [0.25, 0.3) is 0 Å². The van der Waals surface area contributed by atoms with E-state index in [-0.39, 0.29) is 29.5 Å². The summed E-state index contributed by atoms with van der Waals surface area (Å²) in [6.07, 6.45) is 3.45. The Morgan fingerprint density at radius 1 is 1.29 bits per heavy atom. The van der Waals surface area contributed by atoms with Gasteiger partial charge in [0.15, 0.2) is 11.6 Å². The highest BCUT2D eigenvalue weighted by atomic mass is 19.1. The van der Waals surface area contributed by atoms with Gasteiger partial charge < -0.3 is 14.4 Å². The summed E-state index contributed by atoms with van der Waals surface area (Å²) in [5, 5.41) is 0. The first-order chi connectivity index (χ1) is 13.6. The van der Waals surface area contributed by atoms with Gasteiger partial charge in [0, 0.05) is 25.4 Å². The molecule has 2 atom stereocenters. The second-order valence-electron chi connectivity index (χ2n) is 7.84. The molecule has 1 fully saturated rings. The number of nitrogens with zero attached hydrogens (tertiary/aromatic N) is 1. The number of ether oxygens (including phenoxy) is 2. The fraction of sp³-hybridized carbons (Fsp3) is 0.435. The number of para-hydroxylation sites is 1. The van der Waals surface area contributed by atoms with Crippen molar-refractivity contribution in [3.8, 4) is 11.5 Å². The summed E-state index contributed by atoms with van der Waals surface area (Å²) in [6.45, 7) is 3.93. The normalized spacial score (nSPS) is 21.1. The van der Waals surface area contributed by atoms with E-state index < -0.39 is 0 Å². The Morgan fingerprint density at radius 2 is 2.14 bits per heavy atom. The van der Waals surface area contributed by atoms with Gasteiger partial charge in [-0.3, -0.25) is 4.79 Å². The lowest BCUT2D eigenvalue weighted by Gasteiger charge is -2.32. The van der Waals surface area contributed by atoms with Gasteiger partial charge in [-0.15, -0.1) is 0 Å². The molecule has 148 valence electrons. The molecule has 0 unspecified atom stereocenters. The average Bonchev–Trinajstić information content (AvgIpc) is 3.07. The van der Waals surface area contributed by atoms with Crippen molar-refractivity contribution in [2.45, 2.75) is 38.7 Å². The number of halogens is 1. The van der Waals surface area contributed by atoms with E-state index in [1.807, 2.05) is 17.0 Å². The summed E-state index contributed by atoms with van der Waals surface area (Å²) < 4.78 is 25.1. The molecule has 0 spiro atoms. The molecule has 0 aromatic heterocycles. The van der Waals surface area contributed by atoms with E-state index in [9.17, 15) is 9.18 Å². The number of amides is 1. The Kier molecular flexibility index (Phi) is 5.51. The SMILES string of the molecule is C[C@@H]1Cc2cc(CC(=O)N3CCC[C@@H](COc4ccccc4F)C3)ccc2O1. The van der Waals surface area contributed by atoms with Crippen LogP contribution in [0.25, 0.3) is 0 Å². The number of likely N-dealkylation sites (tertiary alicyclic amines) is 1. The molecule has 2 aliphatic rings. The lowest BCUT2D eigenvalue weighted by Crippen LogP contribution is -2.42. The van der Waals surface area contributed by atoms with Crippen molar-refractivity contribution < 1.29 is 18.7 Å². The van der Waals surface area contributed by atoms with Crippen molar-refractivity contribution in [3.63, 3.8) is 0 Å². The number of hydrogen-bond acceptors (Lipinski definition) is 3. The highest BCUT2D eigenvalue weighted by molar-refractivity contribution is 5.79. The highest BCUT2D eigenvalue weighted by Crippen LogP contribution is 2.30. The van der Waals surface area contributed by atoms with Gasteiger partial charge in [-0.2, -0.15) is 0 Å². The van der Waals surface area contributed by atoms with Crippen molar-refractivity contribution in [1.82, 2.24) is 4.90 Å². The molecule has 2 aromatic carbocycles. The lowest BCUT2D eigenvalue weighted by atomic mass is 9.98. The molecule has 0 N–H and O–H groups in total. The van der Waals surface area contributed by atoms with Crippen LogP contribution in [-0.4, -0.2) is 36.6 Å². The van der Waals surface area contributed by atoms with Crippen LogP contribution in [-0.2, 0) is 17.6 Å². The van der Waals surface area contributed by atoms with Gasteiger partial charge in [-0.25, -0.2) is 4.39 Å². The third-order valence-electron chi connectivity index (χ3n) is 5.50. The molecule has 2 aromatic rings. The Bertz CT molecular complexity index is 853. The fourth-order valence-electron chi connectivity index (χ4n) is 4.07. The Morgan fingerprint density at radius 3 is 3.00 bits per heavy atom. The quantitative estimate of drug-likeness (QED) is 0.783. The van der Waals surface area contributed by atoms with E-state index in [2.05, 4.69) is 13.0 Å². The van der Waals surface area contributed by atoms with Gasteiger partial charge >= 0.3 is 0 Å². The van der Waals surface area contributed by atoms with Crippen LogP contribution in [0.4, 0.5) is 4.39 Å². The Balaban J connectivity index is 1.32. The summed E-state index contributed by atoms with van der Waals surface area (Å²) >= 11 is 0. The van der Waals surface area contributed by atoms with Crippen LogP contribution in [0.5, 0.6) is 11.5 Å².